The molecule has 0 amide bonds. The van der Waals surface area contributed by atoms with Crippen molar-refractivity contribution in [1.82, 2.24) is 9.80 Å². The third kappa shape index (κ3) is 0.922. The van der Waals surface area contributed by atoms with Crippen LogP contribution in [0.2, 0.25) is 0 Å². The van der Waals surface area contributed by atoms with Crippen LogP contribution in [0.1, 0.15) is 0 Å². The summed E-state index contributed by atoms with van der Waals surface area (Å²) in [4.78, 5) is 4.21. The summed E-state index contributed by atoms with van der Waals surface area (Å²) in [5, 5.41) is 0. The molecule has 0 atom stereocenters. The van der Waals surface area contributed by atoms with E-state index in [1.807, 2.05) is 32.6 Å². The molecule has 2 heteroatoms. The van der Waals surface area contributed by atoms with Gasteiger partial charge in [0.25, 0.3) is 0 Å². The molecule has 1 aliphatic rings. The molecule has 2 nitrogen and oxygen atoms in total. The molecule has 1 heterocycles. The molecule has 1 aliphatic heterocycles. The average Bonchev–Trinajstić information content (AvgIpc) is 2.12. The summed E-state index contributed by atoms with van der Waals surface area (Å²) in [6.07, 6.45) is 6.34. The topological polar surface area (TPSA) is 6.48 Å². The van der Waals surface area contributed by atoms with E-state index >= 15 is 0 Å². The summed E-state index contributed by atoms with van der Waals surface area (Å²) in [6, 6.07) is 0. The highest BCUT2D eigenvalue weighted by Gasteiger charge is 2.15. The van der Waals surface area contributed by atoms with Crippen LogP contribution in [-0.4, -0.2) is 30.1 Å². The zero-order valence-electron chi connectivity index (χ0n) is 5.91. The van der Waals surface area contributed by atoms with Crippen molar-refractivity contribution in [3.63, 3.8) is 0 Å². The minimum absolute atomic E-state index is 0.352. The zero-order chi connectivity index (χ0) is 6.85. The number of nitrogens with zero attached hydrogens (tertiary/aromatic N) is 2. The Kier molecular flexibility index (Phi) is 1.47. The summed E-state index contributed by atoms with van der Waals surface area (Å²) in [5.41, 5.74) is 0. The number of hydrogen-bond acceptors (Lipinski definition) is 2. The van der Waals surface area contributed by atoms with Gasteiger partial charge in [-0.25, -0.2) is 0 Å². The van der Waals surface area contributed by atoms with Gasteiger partial charge < -0.3 is 9.80 Å². The van der Waals surface area contributed by atoms with Gasteiger partial charge in [0, 0.05) is 26.5 Å². The molecule has 0 saturated carbocycles. The van der Waals surface area contributed by atoms with Crippen molar-refractivity contribution < 1.29 is 0 Å². The Hall–Kier alpha value is -0.920. The lowest BCUT2D eigenvalue weighted by Crippen LogP contribution is -2.31. The van der Waals surface area contributed by atoms with E-state index in [0.717, 1.165) is 0 Å². The zero-order valence-corrected chi connectivity index (χ0v) is 5.91. The first-order valence-corrected chi connectivity index (χ1v) is 3.00. The van der Waals surface area contributed by atoms with Crippen molar-refractivity contribution in [1.29, 1.82) is 0 Å². The molecule has 0 bridgehead atoms. The Balaban J connectivity index is 2.63. The molecule has 0 N–H and O–H groups in total. The predicted octanol–water partition coefficient (Wildman–Crippen LogP) is 0.847. The van der Waals surface area contributed by atoms with Gasteiger partial charge in [-0.2, -0.15) is 0 Å². The highest BCUT2D eigenvalue weighted by atomic mass is 15.4. The van der Waals surface area contributed by atoms with Crippen LogP contribution >= 0.6 is 0 Å². The fraction of sp³-hybridized carbons (Fsp3) is 0.429. The van der Waals surface area contributed by atoms with E-state index in [2.05, 4.69) is 16.4 Å². The van der Waals surface area contributed by atoms with Crippen LogP contribution in [0.25, 0.3) is 0 Å². The van der Waals surface area contributed by atoms with Crippen LogP contribution in [0, 0.1) is 0 Å². The van der Waals surface area contributed by atoms with Crippen LogP contribution < -0.4 is 0 Å². The van der Waals surface area contributed by atoms with Gasteiger partial charge in [-0.1, -0.05) is 6.58 Å². The van der Waals surface area contributed by atoms with Gasteiger partial charge in [0.1, 0.15) is 6.17 Å². The van der Waals surface area contributed by atoms with E-state index in [-0.39, 0.29) is 0 Å². The van der Waals surface area contributed by atoms with Gasteiger partial charge in [-0.3, -0.25) is 0 Å². The van der Waals surface area contributed by atoms with Crippen LogP contribution in [0.4, 0.5) is 0 Å². The van der Waals surface area contributed by atoms with Crippen molar-refractivity contribution >= 4 is 0 Å². The second-order valence-electron chi connectivity index (χ2n) is 2.28. The highest BCUT2D eigenvalue weighted by molar-refractivity contribution is 5.00. The summed E-state index contributed by atoms with van der Waals surface area (Å²) < 4.78 is 0. The van der Waals surface area contributed by atoms with E-state index in [1.165, 1.54) is 0 Å². The quantitative estimate of drug-likeness (QED) is 0.478. The van der Waals surface area contributed by atoms with Crippen LogP contribution in [0.5, 0.6) is 0 Å². The first-order chi connectivity index (χ1) is 4.25. The lowest BCUT2D eigenvalue weighted by Gasteiger charge is -2.23. The Morgan fingerprint density at radius 1 is 1.33 bits per heavy atom. The van der Waals surface area contributed by atoms with E-state index in [1.54, 1.807) is 0 Å². The second-order valence-corrected chi connectivity index (χ2v) is 2.28. The third-order valence-electron chi connectivity index (χ3n) is 1.58. The fourth-order valence-corrected chi connectivity index (χ4v) is 1.01. The van der Waals surface area contributed by atoms with E-state index in [0.29, 0.717) is 6.17 Å². The second kappa shape index (κ2) is 2.13. The lowest BCUT2D eigenvalue weighted by molar-refractivity contribution is 0.258. The maximum atomic E-state index is 3.72. The maximum Gasteiger partial charge on any atom is 0.119 e. The number of rotatable bonds is 1. The van der Waals surface area contributed by atoms with Gasteiger partial charge in [-0.15, -0.1) is 0 Å². The Bertz CT molecular complexity index is 128. The molecule has 0 spiro atoms. The number of hydrogen-bond donors (Lipinski definition) is 0. The fourth-order valence-electron chi connectivity index (χ4n) is 1.01. The highest BCUT2D eigenvalue weighted by Crippen LogP contribution is 2.10. The van der Waals surface area contributed by atoms with E-state index in [4.69, 9.17) is 0 Å². The summed E-state index contributed by atoms with van der Waals surface area (Å²) in [6.45, 7) is 3.72. The van der Waals surface area contributed by atoms with Gasteiger partial charge >= 0.3 is 0 Å². The molecule has 0 aromatic rings. The third-order valence-corrected chi connectivity index (χ3v) is 1.58. The van der Waals surface area contributed by atoms with E-state index in [9.17, 15) is 0 Å². The smallest absolute Gasteiger partial charge is 0.119 e. The predicted molar refractivity (Wildman–Crippen MR) is 38.7 cm³/mol. The maximum absolute atomic E-state index is 3.72. The SMILES string of the molecule is C=CC1N(C)C=CN1C. The molecule has 1 rings (SSSR count). The van der Waals surface area contributed by atoms with E-state index < -0.39 is 0 Å². The molecule has 0 saturated heterocycles. The van der Waals surface area contributed by atoms with Crippen molar-refractivity contribution in [3.05, 3.63) is 25.1 Å². The molecule has 0 aromatic heterocycles. The average molecular weight is 124 g/mol. The van der Waals surface area contributed by atoms with Gasteiger partial charge in [0.15, 0.2) is 0 Å². The standard InChI is InChI=1S/C7H12N2/c1-4-7-8(2)5-6-9(7)3/h4-7H,1H2,2-3H3. The largest absolute Gasteiger partial charge is 0.356 e. The minimum Gasteiger partial charge on any atom is -0.356 e. The monoisotopic (exact) mass is 124 g/mol. The summed E-state index contributed by atoms with van der Waals surface area (Å²) in [7, 11) is 4.07. The molecule has 0 aliphatic carbocycles. The van der Waals surface area contributed by atoms with Crippen LogP contribution in [-0.2, 0) is 0 Å². The van der Waals surface area contributed by atoms with Crippen molar-refractivity contribution in [2.75, 3.05) is 14.1 Å². The summed E-state index contributed by atoms with van der Waals surface area (Å²) in [5.74, 6) is 0. The Morgan fingerprint density at radius 3 is 2.00 bits per heavy atom. The molecular formula is C7H12N2. The molecule has 0 fully saturated rings. The van der Waals surface area contributed by atoms with Crippen molar-refractivity contribution in [2.24, 2.45) is 0 Å². The summed E-state index contributed by atoms with van der Waals surface area (Å²) >= 11 is 0. The van der Waals surface area contributed by atoms with Crippen LogP contribution in [0.3, 0.4) is 0 Å². The molecular weight excluding hydrogens is 112 g/mol. The normalized spacial score (nSPS) is 19.3. The van der Waals surface area contributed by atoms with Crippen LogP contribution in [0.15, 0.2) is 25.1 Å². The molecule has 9 heavy (non-hydrogen) atoms. The molecule has 0 unspecified atom stereocenters. The molecule has 0 radical (unpaired) electrons. The minimum atomic E-state index is 0.352. The first-order valence-electron chi connectivity index (χ1n) is 3.00. The Morgan fingerprint density at radius 2 is 1.78 bits per heavy atom. The van der Waals surface area contributed by atoms with Crippen molar-refractivity contribution in [3.8, 4) is 0 Å². The van der Waals surface area contributed by atoms with Gasteiger partial charge in [0.2, 0.25) is 0 Å². The Labute approximate surface area is 56.1 Å². The first kappa shape index (κ1) is 6.20. The van der Waals surface area contributed by atoms with Crippen molar-refractivity contribution in [2.45, 2.75) is 6.17 Å². The molecule has 0 aromatic carbocycles. The van der Waals surface area contributed by atoms with Gasteiger partial charge in [0.05, 0.1) is 0 Å². The number of likely N-dealkylation sites (N-methyl/N-ethyl adjacent to an activating group) is 2. The van der Waals surface area contributed by atoms with Gasteiger partial charge in [-0.05, 0) is 6.08 Å². The lowest BCUT2D eigenvalue weighted by atomic mass is 10.4. The molecule has 50 valence electrons.